The molecule has 1 aliphatic carbocycles. The molecule has 7 heteroatoms. The topological polar surface area (TPSA) is 84.2 Å². The first-order valence-electron chi connectivity index (χ1n) is 11.2. The van der Waals surface area contributed by atoms with E-state index >= 15 is 0 Å². The highest BCUT2D eigenvalue weighted by atomic mass is 35.5. The number of benzene rings is 1. The molecule has 0 fully saturated rings. The van der Waals surface area contributed by atoms with Gasteiger partial charge in [-0.25, -0.2) is 4.98 Å². The van der Waals surface area contributed by atoms with Gasteiger partial charge in [0.05, 0.1) is 6.26 Å². The number of aryl methyl sites for hydroxylation is 1. The van der Waals surface area contributed by atoms with Crippen LogP contribution in [0.1, 0.15) is 48.5 Å². The number of ketones is 1. The predicted molar refractivity (Wildman–Crippen MR) is 130 cm³/mol. The van der Waals surface area contributed by atoms with Crippen molar-refractivity contribution < 1.29 is 14.0 Å². The number of hydrogen-bond donors (Lipinski definition) is 2. The molecule has 0 bridgehead atoms. The minimum absolute atomic E-state index is 0.00798. The number of hydrogen-bond acceptors (Lipinski definition) is 5. The van der Waals surface area contributed by atoms with E-state index in [1.165, 1.54) is 0 Å². The van der Waals surface area contributed by atoms with Crippen LogP contribution in [0, 0.1) is 6.92 Å². The molecule has 3 heterocycles. The second-order valence-corrected chi connectivity index (χ2v) is 9.20. The van der Waals surface area contributed by atoms with Crippen LogP contribution in [0.4, 0.5) is 5.82 Å². The first kappa shape index (κ1) is 22.2. The van der Waals surface area contributed by atoms with Gasteiger partial charge in [-0.15, -0.1) is 0 Å². The van der Waals surface area contributed by atoms with Crippen LogP contribution in [-0.2, 0) is 9.59 Å². The number of carbonyl (C=O) groups excluding carboxylic acids is 2. The van der Waals surface area contributed by atoms with Crippen LogP contribution in [-0.4, -0.2) is 16.7 Å². The maximum atomic E-state index is 13.5. The third-order valence-electron chi connectivity index (χ3n) is 6.35. The molecular formula is C27H24ClN3O3. The smallest absolute Gasteiger partial charge is 0.255 e. The molecule has 1 aliphatic heterocycles. The van der Waals surface area contributed by atoms with E-state index in [-0.39, 0.29) is 17.6 Å². The number of anilines is 1. The summed E-state index contributed by atoms with van der Waals surface area (Å²) in [6, 6.07) is 14.7. The number of carbonyl (C=O) groups is 2. The molecule has 2 N–H and O–H groups in total. The molecule has 0 unspecified atom stereocenters. The minimum Gasteiger partial charge on any atom is -0.469 e. The van der Waals surface area contributed by atoms with Gasteiger partial charge in [-0.1, -0.05) is 29.8 Å². The van der Waals surface area contributed by atoms with Crippen molar-refractivity contribution in [2.24, 2.45) is 0 Å². The third-order valence-corrected chi connectivity index (χ3v) is 6.59. The molecule has 2 aliphatic rings. The number of aromatic nitrogens is 1. The maximum Gasteiger partial charge on any atom is 0.255 e. The zero-order chi connectivity index (χ0) is 23.8. The summed E-state index contributed by atoms with van der Waals surface area (Å²) >= 11 is 6.32. The van der Waals surface area contributed by atoms with Gasteiger partial charge >= 0.3 is 0 Å². The fourth-order valence-electron chi connectivity index (χ4n) is 4.81. The van der Waals surface area contributed by atoms with Gasteiger partial charge in [0.2, 0.25) is 0 Å². The van der Waals surface area contributed by atoms with Crippen LogP contribution < -0.4 is 10.6 Å². The summed E-state index contributed by atoms with van der Waals surface area (Å²) in [5, 5.41) is 6.81. The minimum atomic E-state index is -0.537. The highest BCUT2D eigenvalue weighted by Gasteiger charge is 2.41. The summed E-state index contributed by atoms with van der Waals surface area (Å²) < 4.78 is 5.59. The van der Waals surface area contributed by atoms with Crippen molar-refractivity contribution in [2.75, 3.05) is 5.32 Å². The first-order valence-corrected chi connectivity index (χ1v) is 11.6. The van der Waals surface area contributed by atoms with E-state index in [1.54, 1.807) is 24.6 Å². The van der Waals surface area contributed by atoms with Gasteiger partial charge in [-0.2, -0.15) is 0 Å². The summed E-state index contributed by atoms with van der Waals surface area (Å²) in [4.78, 5) is 31.4. The summed E-state index contributed by atoms with van der Waals surface area (Å²) in [7, 11) is 0. The van der Waals surface area contributed by atoms with Crippen LogP contribution in [0.15, 0.2) is 87.9 Å². The Morgan fingerprint density at radius 2 is 2.00 bits per heavy atom. The lowest BCUT2D eigenvalue weighted by atomic mass is 9.72. The molecule has 1 amide bonds. The highest BCUT2D eigenvalue weighted by Crippen LogP contribution is 2.46. The van der Waals surface area contributed by atoms with Crippen LogP contribution >= 0.6 is 11.6 Å². The summed E-state index contributed by atoms with van der Waals surface area (Å²) in [5.41, 5.74) is 4.41. The number of rotatable bonds is 4. The lowest BCUT2D eigenvalue weighted by Gasteiger charge is -2.36. The van der Waals surface area contributed by atoms with Crippen molar-refractivity contribution in [2.45, 2.75) is 38.5 Å². The fourth-order valence-corrected chi connectivity index (χ4v) is 5.01. The van der Waals surface area contributed by atoms with Crippen LogP contribution in [0.25, 0.3) is 0 Å². The standard InChI is InChI=1S/C27H24ClN3O3/c1-15-8-9-23(29-14-15)31-27(33)24-16(2)30-20-12-18(22-7-4-10-34-22)13-21(32)26(20)25(24)17-5-3-6-19(28)11-17/h3-11,14,18,25,30H,12-13H2,1-2H3,(H,29,31,33)/t18-,25+/m1/s1. The molecule has 0 spiro atoms. The Morgan fingerprint density at radius 1 is 1.15 bits per heavy atom. The first-order chi connectivity index (χ1) is 16.4. The van der Waals surface area contributed by atoms with Gasteiger partial charge in [-0.3, -0.25) is 9.59 Å². The van der Waals surface area contributed by atoms with Crippen molar-refractivity contribution in [3.63, 3.8) is 0 Å². The molecule has 2 atom stereocenters. The molecule has 34 heavy (non-hydrogen) atoms. The summed E-state index contributed by atoms with van der Waals surface area (Å²) in [5.74, 6) is 0.342. The second-order valence-electron chi connectivity index (χ2n) is 8.76. The number of pyridine rings is 1. The monoisotopic (exact) mass is 473 g/mol. The Hall–Kier alpha value is -3.64. The van der Waals surface area contributed by atoms with E-state index in [1.807, 2.05) is 50.2 Å². The van der Waals surface area contributed by atoms with Gasteiger partial charge in [0.25, 0.3) is 5.91 Å². The average molecular weight is 474 g/mol. The lowest BCUT2D eigenvalue weighted by Crippen LogP contribution is -2.37. The van der Waals surface area contributed by atoms with Gasteiger partial charge in [0.15, 0.2) is 5.78 Å². The van der Waals surface area contributed by atoms with Crippen LogP contribution in [0.3, 0.4) is 0 Å². The molecule has 0 radical (unpaired) electrons. The van der Waals surface area contributed by atoms with Gasteiger partial charge in [0, 0.05) is 52.0 Å². The molecule has 1 aromatic carbocycles. The zero-order valence-corrected chi connectivity index (χ0v) is 19.6. The normalized spacial score (nSPS) is 20.1. The zero-order valence-electron chi connectivity index (χ0n) is 18.9. The van der Waals surface area contributed by atoms with Gasteiger partial charge in [-0.05, 0) is 61.7 Å². The second kappa shape index (κ2) is 8.95. The quantitative estimate of drug-likeness (QED) is 0.512. The Morgan fingerprint density at radius 3 is 2.71 bits per heavy atom. The number of amides is 1. The van der Waals surface area contributed by atoms with Crippen molar-refractivity contribution in [1.29, 1.82) is 0 Å². The number of furan rings is 1. The summed E-state index contributed by atoms with van der Waals surface area (Å²) in [6.07, 6.45) is 4.26. The largest absolute Gasteiger partial charge is 0.469 e. The van der Waals surface area contributed by atoms with Crippen molar-refractivity contribution >= 4 is 29.1 Å². The summed E-state index contributed by atoms with van der Waals surface area (Å²) in [6.45, 7) is 3.80. The van der Waals surface area contributed by atoms with Crippen LogP contribution in [0.5, 0.6) is 0 Å². The van der Waals surface area contributed by atoms with Crippen molar-refractivity contribution in [1.82, 2.24) is 10.3 Å². The molecule has 3 aromatic rings. The van der Waals surface area contributed by atoms with E-state index in [9.17, 15) is 9.59 Å². The maximum absolute atomic E-state index is 13.5. The number of dihydropyridines is 1. The molecule has 5 rings (SSSR count). The van der Waals surface area contributed by atoms with Gasteiger partial charge in [0.1, 0.15) is 11.6 Å². The highest BCUT2D eigenvalue weighted by molar-refractivity contribution is 6.30. The Kier molecular flexibility index (Phi) is 5.84. The Labute approximate surface area is 202 Å². The van der Waals surface area contributed by atoms with Crippen LogP contribution in [0.2, 0.25) is 5.02 Å². The number of halogens is 1. The Bertz CT molecular complexity index is 1320. The molecule has 6 nitrogen and oxygen atoms in total. The van der Waals surface area contributed by atoms with E-state index in [2.05, 4.69) is 15.6 Å². The van der Waals surface area contributed by atoms with Crippen molar-refractivity contribution in [3.05, 3.63) is 105 Å². The molecule has 2 aromatic heterocycles. The van der Waals surface area contributed by atoms with E-state index in [4.69, 9.17) is 16.0 Å². The average Bonchev–Trinajstić information content (AvgIpc) is 3.34. The van der Waals surface area contributed by atoms with Crippen molar-refractivity contribution in [3.8, 4) is 0 Å². The third kappa shape index (κ3) is 4.17. The number of nitrogens with zero attached hydrogens (tertiary/aromatic N) is 1. The Balaban J connectivity index is 1.56. The predicted octanol–water partition coefficient (Wildman–Crippen LogP) is 5.64. The van der Waals surface area contributed by atoms with E-state index in [0.29, 0.717) is 40.5 Å². The number of nitrogens with one attached hydrogen (secondary N) is 2. The van der Waals surface area contributed by atoms with E-state index in [0.717, 1.165) is 22.6 Å². The lowest BCUT2D eigenvalue weighted by molar-refractivity contribution is -0.116. The number of Topliss-reactive ketones (excluding diaryl/α,β-unsaturated/α-hetero) is 1. The number of allylic oxidation sites excluding steroid dienone is 3. The van der Waals surface area contributed by atoms with E-state index < -0.39 is 5.92 Å². The van der Waals surface area contributed by atoms with Gasteiger partial charge < -0.3 is 15.1 Å². The molecule has 172 valence electrons. The molecule has 0 saturated heterocycles. The SMILES string of the molecule is CC1=C(C(=O)Nc2ccc(C)cn2)[C@H](c2cccc(Cl)c2)C2=C(C[C@@H](c3ccco3)CC2=O)N1. The molecule has 0 saturated carbocycles. The fraction of sp³-hybridized carbons (Fsp3) is 0.222. The molecular weight excluding hydrogens is 450 g/mol.